The summed E-state index contributed by atoms with van der Waals surface area (Å²) in [7, 11) is -2.02. The van der Waals surface area contributed by atoms with Gasteiger partial charge in [-0.15, -0.1) is 0 Å². The van der Waals surface area contributed by atoms with Gasteiger partial charge in [0, 0.05) is 0 Å². The lowest BCUT2D eigenvalue weighted by atomic mass is 10.4. The second-order valence-corrected chi connectivity index (χ2v) is 5.50. The first-order valence-electron chi connectivity index (χ1n) is 4.92. The van der Waals surface area contributed by atoms with Gasteiger partial charge in [0.1, 0.15) is 0 Å². The molecule has 0 bridgehead atoms. The van der Waals surface area contributed by atoms with E-state index in [0.717, 1.165) is 13.1 Å². The SMILES string of the molecule is COC(=O)CCS(=O)(=O)N1CC[NH2+]CC1. The van der Waals surface area contributed by atoms with Crippen molar-refractivity contribution in [2.75, 3.05) is 39.0 Å². The van der Waals surface area contributed by atoms with E-state index < -0.39 is 16.0 Å². The van der Waals surface area contributed by atoms with Crippen LogP contribution in [0.3, 0.4) is 0 Å². The van der Waals surface area contributed by atoms with Crippen molar-refractivity contribution in [1.82, 2.24) is 4.31 Å². The highest BCUT2D eigenvalue weighted by Gasteiger charge is 2.25. The van der Waals surface area contributed by atoms with Crippen LogP contribution in [-0.2, 0) is 19.6 Å². The molecule has 0 atom stereocenters. The topological polar surface area (TPSA) is 80.3 Å². The molecule has 0 spiro atoms. The Balaban J connectivity index is 2.46. The van der Waals surface area contributed by atoms with Crippen molar-refractivity contribution in [2.24, 2.45) is 0 Å². The second-order valence-electron chi connectivity index (χ2n) is 3.41. The number of piperazine rings is 1. The molecule has 6 nitrogen and oxygen atoms in total. The number of nitrogens with zero attached hydrogens (tertiary/aromatic N) is 1. The smallest absolute Gasteiger partial charge is 0.306 e. The van der Waals surface area contributed by atoms with Gasteiger partial charge >= 0.3 is 5.97 Å². The van der Waals surface area contributed by atoms with E-state index in [0.29, 0.717) is 13.1 Å². The van der Waals surface area contributed by atoms with Crippen LogP contribution in [0.1, 0.15) is 6.42 Å². The minimum atomic E-state index is -3.28. The molecule has 0 aromatic heterocycles. The van der Waals surface area contributed by atoms with Gasteiger partial charge in [0.25, 0.3) is 0 Å². The molecule has 2 N–H and O–H groups in total. The van der Waals surface area contributed by atoms with Crippen LogP contribution in [0.15, 0.2) is 0 Å². The summed E-state index contributed by atoms with van der Waals surface area (Å²) in [5.74, 6) is -0.637. The van der Waals surface area contributed by atoms with Gasteiger partial charge in [-0.3, -0.25) is 4.79 Å². The summed E-state index contributed by atoms with van der Waals surface area (Å²) in [5, 5.41) is 2.08. The van der Waals surface area contributed by atoms with E-state index in [1.54, 1.807) is 0 Å². The number of carbonyl (C=O) groups is 1. The van der Waals surface area contributed by atoms with Crippen LogP contribution in [0, 0.1) is 0 Å². The molecule has 0 aliphatic carbocycles. The molecule has 1 rings (SSSR count). The Morgan fingerprint density at radius 1 is 1.40 bits per heavy atom. The van der Waals surface area contributed by atoms with Crippen LogP contribution in [0.2, 0.25) is 0 Å². The summed E-state index contributed by atoms with van der Waals surface area (Å²) in [5.41, 5.74) is 0. The Labute approximate surface area is 89.6 Å². The Bertz CT molecular complexity index is 309. The summed E-state index contributed by atoms with van der Waals surface area (Å²) in [4.78, 5) is 10.8. The van der Waals surface area contributed by atoms with E-state index in [4.69, 9.17) is 0 Å². The first-order valence-corrected chi connectivity index (χ1v) is 6.53. The lowest BCUT2D eigenvalue weighted by Gasteiger charge is -2.24. The third-order valence-electron chi connectivity index (χ3n) is 2.35. The Morgan fingerprint density at radius 3 is 2.53 bits per heavy atom. The molecule has 0 saturated carbocycles. The van der Waals surface area contributed by atoms with Crippen molar-refractivity contribution in [2.45, 2.75) is 6.42 Å². The summed E-state index contributed by atoms with van der Waals surface area (Å²) in [6.07, 6.45) is -0.0704. The van der Waals surface area contributed by atoms with Crippen molar-refractivity contribution < 1.29 is 23.3 Å². The van der Waals surface area contributed by atoms with Gasteiger partial charge in [-0.1, -0.05) is 0 Å². The number of hydrogen-bond donors (Lipinski definition) is 1. The number of methoxy groups -OCH3 is 1. The maximum absolute atomic E-state index is 11.7. The van der Waals surface area contributed by atoms with Gasteiger partial charge < -0.3 is 10.1 Å². The van der Waals surface area contributed by atoms with E-state index in [-0.39, 0.29) is 12.2 Å². The maximum atomic E-state index is 11.7. The fraction of sp³-hybridized carbons (Fsp3) is 0.875. The molecule has 0 aromatic carbocycles. The van der Waals surface area contributed by atoms with E-state index in [2.05, 4.69) is 10.1 Å². The summed E-state index contributed by atoms with van der Waals surface area (Å²) < 4.78 is 29.3. The van der Waals surface area contributed by atoms with Crippen LogP contribution in [0.25, 0.3) is 0 Å². The quantitative estimate of drug-likeness (QED) is 0.561. The highest BCUT2D eigenvalue weighted by molar-refractivity contribution is 7.89. The highest BCUT2D eigenvalue weighted by Crippen LogP contribution is 2.03. The van der Waals surface area contributed by atoms with Crippen molar-refractivity contribution in [1.29, 1.82) is 0 Å². The van der Waals surface area contributed by atoms with Crippen LogP contribution in [0.4, 0.5) is 0 Å². The molecule has 1 aliphatic heterocycles. The maximum Gasteiger partial charge on any atom is 0.306 e. The number of hydrogen-bond acceptors (Lipinski definition) is 4. The van der Waals surface area contributed by atoms with Gasteiger partial charge in [0.2, 0.25) is 10.0 Å². The molecule has 7 heteroatoms. The van der Waals surface area contributed by atoms with Crippen molar-refractivity contribution in [3.8, 4) is 0 Å². The van der Waals surface area contributed by atoms with Crippen molar-refractivity contribution in [3.05, 3.63) is 0 Å². The van der Waals surface area contributed by atoms with Crippen LogP contribution >= 0.6 is 0 Å². The average molecular weight is 237 g/mol. The predicted molar refractivity (Wildman–Crippen MR) is 53.7 cm³/mol. The number of ether oxygens (including phenoxy) is 1. The molecule has 0 aromatic rings. The van der Waals surface area contributed by atoms with Crippen LogP contribution in [0.5, 0.6) is 0 Å². The van der Waals surface area contributed by atoms with E-state index in [1.165, 1.54) is 11.4 Å². The zero-order valence-electron chi connectivity index (χ0n) is 8.81. The van der Waals surface area contributed by atoms with E-state index in [9.17, 15) is 13.2 Å². The Morgan fingerprint density at radius 2 is 2.00 bits per heavy atom. The lowest BCUT2D eigenvalue weighted by Crippen LogP contribution is -2.89. The molecule has 0 radical (unpaired) electrons. The molecular formula is C8H17N2O4S+. The van der Waals surface area contributed by atoms with Crippen molar-refractivity contribution >= 4 is 16.0 Å². The lowest BCUT2D eigenvalue weighted by molar-refractivity contribution is -0.661. The molecule has 88 valence electrons. The van der Waals surface area contributed by atoms with Crippen molar-refractivity contribution in [3.63, 3.8) is 0 Å². The summed E-state index contributed by atoms with van der Waals surface area (Å²) >= 11 is 0. The van der Waals surface area contributed by atoms with Gasteiger partial charge in [0.05, 0.1) is 45.5 Å². The molecule has 0 amide bonds. The minimum Gasteiger partial charge on any atom is -0.469 e. The summed E-state index contributed by atoms with van der Waals surface area (Å²) in [6, 6.07) is 0. The van der Waals surface area contributed by atoms with E-state index in [1.807, 2.05) is 0 Å². The molecule has 15 heavy (non-hydrogen) atoms. The van der Waals surface area contributed by atoms with Crippen LogP contribution in [-0.4, -0.2) is 57.7 Å². The number of carbonyl (C=O) groups excluding carboxylic acids is 1. The third-order valence-corrected chi connectivity index (χ3v) is 4.22. The standard InChI is InChI=1S/C8H16N2O4S/c1-14-8(11)2-7-15(12,13)10-5-3-9-4-6-10/h9H,2-7H2,1H3/p+1. The zero-order valence-corrected chi connectivity index (χ0v) is 9.62. The number of esters is 1. The number of sulfonamides is 1. The minimum absolute atomic E-state index is 0.0704. The first-order chi connectivity index (χ1) is 7.06. The molecule has 1 aliphatic rings. The zero-order chi connectivity index (χ0) is 11.3. The van der Waals surface area contributed by atoms with Crippen LogP contribution < -0.4 is 5.32 Å². The molecule has 1 fully saturated rings. The number of rotatable bonds is 4. The van der Waals surface area contributed by atoms with Gasteiger partial charge in [-0.05, 0) is 0 Å². The molecular weight excluding hydrogens is 220 g/mol. The van der Waals surface area contributed by atoms with E-state index >= 15 is 0 Å². The largest absolute Gasteiger partial charge is 0.469 e. The molecule has 1 heterocycles. The van der Waals surface area contributed by atoms with Gasteiger partial charge in [-0.25, -0.2) is 8.42 Å². The highest BCUT2D eigenvalue weighted by atomic mass is 32.2. The monoisotopic (exact) mass is 237 g/mol. The number of quaternary nitrogens is 1. The second kappa shape index (κ2) is 5.43. The summed E-state index contributed by atoms with van der Waals surface area (Å²) in [6.45, 7) is 2.64. The first kappa shape index (κ1) is 12.4. The van der Waals surface area contributed by atoms with Gasteiger partial charge in [-0.2, -0.15) is 4.31 Å². The predicted octanol–water partition coefficient (Wildman–Crippen LogP) is -2.24. The normalized spacial score (nSPS) is 18.7. The average Bonchev–Trinajstić information content (AvgIpc) is 2.27. The Hall–Kier alpha value is -0.660. The third kappa shape index (κ3) is 3.77. The molecule has 1 saturated heterocycles. The molecule has 0 unspecified atom stereocenters. The Kier molecular flexibility index (Phi) is 4.49. The number of nitrogens with two attached hydrogens (primary N) is 1. The van der Waals surface area contributed by atoms with Gasteiger partial charge in [0.15, 0.2) is 0 Å². The fourth-order valence-corrected chi connectivity index (χ4v) is 2.90. The fourth-order valence-electron chi connectivity index (χ4n) is 1.45.